The molecule has 3 atom stereocenters. The van der Waals surface area contributed by atoms with Crippen LogP contribution in [0.5, 0.6) is 0 Å². The van der Waals surface area contributed by atoms with E-state index in [1.165, 1.54) is 48.7 Å². The predicted octanol–water partition coefficient (Wildman–Crippen LogP) is 6.37. The second kappa shape index (κ2) is 10.8. The van der Waals surface area contributed by atoms with Crippen molar-refractivity contribution in [3.63, 3.8) is 0 Å². The number of carboxylic acid groups (broad SMARTS) is 1. The molecule has 2 aliphatic heterocycles. The average molecular weight is 565 g/mol. The Morgan fingerprint density at radius 3 is 2.48 bits per heavy atom. The lowest BCUT2D eigenvalue weighted by Gasteiger charge is -2.39. The monoisotopic (exact) mass is 564 g/mol. The Hall–Kier alpha value is -3.87. The minimum absolute atomic E-state index is 0.140. The molecular formula is C35H40N4O3. The first-order valence-electron chi connectivity index (χ1n) is 15.6. The zero-order valence-corrected chi connectivity index (χ0v) is 24.4. The van der Waals surface area contributed by atoms with Gasteiger partial charge in [0.25, 0.3) is 0 Å². The Kier molecular flexibility index (Phi) is 6.91. The number of rotatable bonds is 4. The van der Waals surface area contributed by atoms with Crippen LogP contribution in [0.4, 0.5) is 5.69 Å². The number of carbonyl (C=O) groups excluding carboxylic acids is 1. The topological polar surface area (TPSA) is 78.7 Å². The van der Waals surface area contributed by atoms with Gasteiger partial charge in [-0.2, -0.15) is 0 Å². The Morgan fingerprint density at radius 2 is 1.74 bits per heavy atom. The maximum Gasteiger partial charge on any atom is 0.335 e. The molecular weight excluding hydrogens is 524 g/mol. The van der Waals surface area contributed by atoms with Gasteiger partial charge in [-0.25, -0.2) is 4.79 Å². The van der Waals surface area contributed by atoms with Gasteiger partial charge in [0.2, 0.25) is 5.91 Å². The summed E-state index contributed by atoms with van der Waals surface area (Å²) in [5, 5.41) is 11.1. The summed E-state index contributed by atoms with van der Waals surface area (Å²) in [6, 6.07) is 9.71. The molecule has 2 aliphatic carbocycles. The average Bonchev–Trinajstić information content (AvgIpc) is 3.26. The van der Waals surface area contributed by atoms with E-state index in [0.29, 0.717) is 31.1 Å². The maximum absolute atomic E-state index is 14.3. The predicted molar refractivity (Wildman–Crippen MR) is 165 cm³/mol. The van der Waals surface area contributed by atoms with Crippen molar-refractivity contribution in [2.45, 2.75) is 63.8 Å². The number of amides is 1. The highest BCUT2D eigenvalue weighted by molar-refractivity contribution is 5.96. The van der Waals surface area contributed by atoms with E-state index < -0.39 is 5.97 Å². The Balaban J connectivity index is 1.29. The molecule has 3 aromatic rings. The number of hydrogen-bond acceptors (Lipinski definition) is 4. The molecule has 1 amide bonds. The molecule has 0 spiro atoms. The first-order valence-corrected chi connectivity index (χ1v) is 15.6. The lowest BCUT2D eigenvalue weighted by atomic mass is 9.67. The highest BCUT2D eigenvalue weighted by Crippen LogP contribution is 2.53. The van der Waals surface area contributed by atoms with Crippen molar-refractivity contribution in [3.8, 4) is 0 Å². The number of carboxylic acids is 1. The van der Waals surface area contributed by atoms with E-state index in [2.05, 4.69) is 50.6 Å². The van der Waals surface area contributed by atoms with E-state index in [4.69, 9.17) is 0 Å². The number of aromatic carboxylic acids is 1. The number of benzene rings is 1. The van der Waals surface area contributed by atoms with E-state index in [0.717, 1.165) is 30.7 Å². The van der Waals surface area contributed by atoms with Crippen LogP contribution in [0.15, 0.2) is 67.0 Å². The number of aromatic nitrogens is 2. The fourth-order valence-corrected chi connectivity index (χ4v) is 8.23. The quantitative estimate of drug-likeness (QED) is 0.399. The lowest BCUT2D eigenvalue weighted by Crippen LogP contribution is -2.51. The molecule has 1 saturated carbocycles. The fourth-order valence-electron chi connectivity index (χ4n) is 8.23. The minimum Gasteiger partial charge on any atom is -0.478 e. The van der Waals surface area contributed by atoms with Gasteiger partial charge in [0, 0.05) is 73.3 Å². The largest absolute Gasteiger partial charge is 0.478 e. The van der Waals surface area contributed by atoms with E-state index in [-0.39, 0.29) is 23.2 Å². The van der Waals surface area contributed by atoms with Gasteiger partial charge < -0.3 is 19.5 Å². The summed E-state index contributed by atoms with van der Waals surface area (Å²) in [4.78, 5) is 35.0. The summed E-state index contributed by atoms with van der Waals surface area (Å²) in [5.74, 6) is -0.279. The van der Waals surface area contributed by atoms with Crippen LogP contribution in [0.2, 0.25) is 0 Å². The Labute approximate surface area is 247 Å². The molecule has 0 radical (unpaired) electrons. The normalized spacial score (nSPS) is 26.1. The third-order valence-corrected chi connectivity index (χ3v) is 10.4. The van der Waals surface area contributed by atoms with Gasteiger partial charge in [0.05, 0.1) is 11.5 Å². The number of nitrogens with zero attached hydrogens (tertiary/aromatic N) is 4. The SMILES string of the molecule is CC12C=CC=CC1c1c(C3CCCCC3)c3ccc(C(=O)O)cc3n1CC(C(=O)N1CCN(c3ccncc3)CC1)C2. The number of fused-ring (bicyclic) bond motifs is 5. The van der Waals surface area contributed by atoms with Crippen LogP contribution < -0.4 is 4.90 Å². The van der Waals surface area contributed by atoms with Gasteiger partial charge in [-0.3, -0.25) is 9.78 Å². The van der Waals surface area contributed by atoms with E-state index >= 15 is 0 Å². The minimum atomic E-state index is -0.912. The van der Waals surface area contributed by atoms with Crippen LogP contribution in [0.25, 0.3) is 10.9 Å². The van der Waals surface area contributed by atoms with Gasteiger partial charge in [-0.05, 0) is 60.4 Å². The third kappa shape index (κ3) is 4.63. The summed E-state index contributed by atoms with van der Waals surface area (Å²) >= 11 is 0. The standard InChI is InChI=1S/C35H40N4O3/c1-35-14-6-5-9-29(35)32-31(24-7-3-2-4-8-24)28-11-10-25(34(41)42)21-30(28)39(32)23-26(22-35)33(40)38-19-17-37(18-20-38)27-12-15-36-16-13-27/h5-6,9-16,21,24,26,29H,2-4,7-8,17-20,22-23H2,1H3,(H,41,42). The number of pyridine rings is 1. The number of anilines is 1. The first-order chi connectivity index (χ1) is 20.4. The highest BCUT2D eigenvalue weighted by Gasteiger charge is 2.45. The third-order valence-electron chi connectivity index (χ3n) is 10.4. The molecule has 0 bridgehead atoms. The molecule has 4 aliphatic rings. The Bertz CT molecular complexity index is 1560. The fraction of sp³-hybridized carbons (Fsp3) is 0.457. The summed E-state index contributed by atoms with van der Waals surface area (Å²) in [5.41, 5.74) is 4.93. The van der Waals surface area contributed by atoms with Crippen molar-refractivity contribution < 1.29 is 14.7 Å². The maximum atomic E-state index is 14.3. The lowest BCUT2D eigenvalue weighted by molar-refractivity contribution is -0.137. The second-order valence-corrected chi connectivity index (χ2v) is 12.9. The number of carbonyl (C=O) groups is 2. The Morgan fingerprint density at radius 1 is 0.976 bits per heavy atom. The van der Waals surface area contributed by atoms with Crippen molar-refractivity contribution in [3.05, 3.63) is 83.9 Å². The number of allylic oxidation sites excluding steroid dienone is 4. The zero-order valence-electron chi connectivity index (χ0n) is 24.4. The number of hydrogen-bond donors (Lipinski definition) is 1. The molecule has 7 nitrogen and oxygen atoms in total. The van der Waals surface area contributed by atoms with Crippen molar-refractivity contribution in [1.82, 2.24) is 14.5 Å². The highest BCUT2D eigenvalue weighted by atomic mass is 16.4. The van der Waals surface area contributed by atoms with Gasteiger partial charge in [-0.15, -0.1) is 0 Å². The summed E-state index contributed by atoms with van der Waals surface area (Å²) in [6.45, 7) is 5.90. The van der Waals surface area contributed by atoms with E-state index in [1.807, 2.05) is 36.7 Å². The van der Waals surface area contributed by atoms with E-state index in [1.54, 1.807) is 6.07 Å². The van der Waals surface area contributed by atoms with Crippen LogP contribution in [-0.2, 0) is 11.3 Å². The zero-order chi connectivity index (χ0) is 28.8. The molecule has 1 saturated heterocycles. The smallest absolute Gasteiger partial charge is 0.335 e. The van der Waals surface area contributed by atoms with Crippen molar-refractivity contribution in [1.29, 1.82) is 0 Å². The van der Waals surface area contributed by atoms with Crippen LogP contribution in [0.1, 0.15) is 78.9 Å². The van der Waals surface area contributed by atoms with Crippen molar-refractivity contribution in [2.24, 2.45) is 11.3 Å². The van der Waals surface area contributed by atoms with Crippen molar-refractivity contribution >= 4 is 28.5 Å². The summed E-state index contributed by atoms with van der Waals surface area (Å²) in [6.07, 6.45) is 19.4. The van der Waals surface area contributed by atoms with Gasteiger partial charge in [-0.1, -0.05) is 56.6 Å². The van der Waals surface area contributed by atoms with Gasteiger partial charge >= 0.3 is 5.97 Å². The van der Waals surface area contributed by atoms with E-state index in [9.17, 15) is 14.7 Å². The molecule has 2 fully saturated rings. The molecule has 3 unspecified atom stereocenters. The van der Waals surface area contributed by atoms with Crippen LogP contribution >= 0.6 is 0 Å². The molecule has 42 heavy (non-hydrogen) atoms. The van der Waals surface area contributed by atoms with Crippen molar-refractivity contribution in [2.75, 3.05) is 31.1 Å². The molecule has 4 heterocycles. The molecule has 7 rings (SSSR count). The molecule has 7 heteroatoms. The molecule has 1 N–H and O–H groups in total. The summed E-state index contributed by atoms with van der Waals surface area (Å²) < 4.78 is 2.36. The number of piperazine rings is 1. The van der Waals surface area contributed by atoms with Crippen LogP contribution in [-0.4, -0.2) is 57.6 Å². The van der Waals surface area contributed by atoms with Crippen LogP contribution in [0.3, 0.4) is 0 Å². The summed E-state index contributed by atoms with van der Waals surface area (Å²) in [7, 11) is 0. The first kappa shape index (κ1) is 27.0. The molecule has 2 aromatic heterocycles. The van der Waals surface area contributed by atoms with Crippen LogP contribution in [0, 0.1) is 11.3 Å². The van der Waals surface area contributed by atoms with Gasteiger partial charge in [0.1, 0.15) is 0 Å². The molecule has 218 valence electrons. The second-order valence-electron chi connectivity index (χ2n) is 12.9. The van der Waals surface area contributed by atoms with Gasteiger partial charge in [0.15, 0.2) is 0 Å². The molecule has 1 aromatic carbocycles.